The molecule has 35 heavy (non-hydrogen) atoms. The first kappa shape index (κ1) is 22.4. The molecule has 0 N–H and O–H groups in total. The first-order chi connectivity index (χ1) is 16.5. The number of aryl methyl sites for hydroxylation is 2. The van der Waals surface area contributed by atoms with Gasteiger partial charge in [-0.2, -0.15) is 0 Å². The maximum Gasteiger partial charge on any atom is 0.116 e. The minimum atomic E-state index is -0.0766. The largest absolute Gasteiger partial charge is 0.235 e. The van der Waals surface area contributed by atoms with E-state index in [4.69, 9.17) is 9.97 Å². The van der Waals surface area contributed by atoms with Gasteiger partial charge in [-0.25, -0.2) is 9.97 Å². The van der Waals surface area contributed by atoms with Crippen molar-refractivity contribution in [3.05, 3.63) is 82.7 Å². The van der Waals surface area contributed by atoms with Crippen LogP contribution in [0.15, 0.2) is 54.9 Å². The molecule has 0 aliphatic heterocycles. The van der Waals surface area contributed by atoms with Gasteiger partial charge in [-0.3, -0.25) is 0 Å². The summed E-state index contributed by atoms with van der Waals surface area (Å²) in [5.74, 6) is 0. The summed E-state index contributed by atoms with van der Waals surface area (Å²) < 4.78 is 1.20. The predicted octanol–water partition coefficient (Wildman–Crippen LogP) is 9.02. The number of hydrogen-bond acceptors (Lipinski definition) is 3. The molecule has 0 fully saturated rings. The van der Waals surface area contributed by atoms with Crippen molar-refractivity contribution >= 4 is 32.3 Å². The normalized spacial score (nSPS) is 14.5. The number of rotatable bonds is 2. The maximum atomic E-state index is 4.85. The second-order valence-corrected chi connectivity index (χ2v) is 13.0. The van der Waals surface area contributed by atoms with Crippen LogP contribution in [0.5, 0.6) is 0 Å². The van der Waals surface area contributed by atoms with Crippen molar-refractivity contribution in [3.63, 3.8) is 0 Å². The Labute approximate surface area is 212 Å². The Morgan fingerprint density at radius 3 is 2.34 bits per heavy atom. The lowest BCUT2D eigenvalue weighted by Crippen LogP contribution is -2.15. The van der Waals surface area contributed by atoms with Crippen LogP contribution in [0.4, 0.5) is 0 Å². The van der Waals surface area contributed by atoms with E-state index in [1.165, 1.54) is 53.7 Å². The highest BCUT2D eigenvalue weighted by atomic mass is 32.1. The molecule has 1 aliphatic carbocycles. The monoisotopic (exact) mass is 476 g/mol. The van der Waals surface area contributed by atoms with Crippen molar-refractivity contribution in [2.75, 3.05) is 0 Å². The molecule has 6 rings (SSSR count). The Bertz CT molecular complexity index is 1650. The number of nitrogens with zero attached hydrogens (tertiary/aromatic N) is 2. The zero-order valence-corrected chi connectivity index (χ0v) is 22.5. The van der Waals surface area contributed by atoms with E-state index >= 15 is 0 Å². The first-order valence-corrected chi connectivity index (χ1v) is 13.3. The summed E-state index contributed by atoms with van der Waals surface area (Å²) in [5.41, 5.74) is 11.7. The third kappa shape index (κ3) is 3.51. The summed E-state index contributed by atoms with van der Waals surface area (Å²) in [4.78, 5) is 11.0. The van der Waals surface area contributed by atoms with Crippen LogP contribution in [0, 0.1) is 19.3 Å². The fraction of sp³-hybridized carbons (Fsp3) is 0.312. The van der Waals surface area contributed by atoms with Gasteiger partial charge in [0.25, 0.3) is 0 Å². The molecule has 2 aromatic heterocycles. The average molecular weight is 477 g/mol. The Morgan fingerprint density at radius 2 is 1.60 bits per heavy atom. The summed E-state index contributed by atoms with van der Waals surface area (Å²) in [7, 11) is 0. The summed E-state index contributed by atoms with van der Waals surface area (Å²) in [6.45, 7) is 16.0. The van der Waals surface area contributed by atoms with Crippen LogP contribution in [-0.2, 0) is 11.8 Å². The molecule has 2 nitrogen and oxygen atoms in total. The van der Waals surface area contributed by atoms with E-state index in [9.17, 15) is 0 Å². The topological polar surface area (TPSA) is 25.8 Å². The highest BCUT2D eigenvalue weighted by molar-refractivity contribution is 7.23. The Hall–Kier alpha value is -3.04. The fourth-order valence-corrected chi connectivity index (χ4v) is 7.19. The number of hydrogen-bond donors (Lipinski definition) is 0. The van der Waals surface area contributed by atoms with Crippen LogP contribution in [0.25, 0.3) is 42.7 Å². The molecule has 0 radical (unpaired) electrons. The van der Waals surface area contributed by atoms with Crippen molar-refractivity contribution in [2.45, 2.75) is 60.3 Å². The SMILES string of the molecule is Cc1cc2ccc(-c3ncnc4c5c(sc34)-c3cc(CC(C)(C)C)ccc3C5(C)C)cc2cc1C. The smallest absolute Gasteiger partial charge is 0.116 e. The Kier molecular flexibility index (Phi) is 4.79. The molecule has 0 amide bonds. The fourth-order valence-electron chi connectivity index (χ4n) is 5.74. The third-order valence-corrected chi connectivity index (χ3v) is 8.78. The molecule has 0 bridgehead atoms. The van der Waals surface area contributed by atoms with Crippen LogP contribution in [-0.4, -0.2) is 9.97 Å². The van der Waals surface area contributed by atoms with Crippen LogP contribution in [0.3, 0.4) is 0 Å². The number of fused-ring (bicyclic) bond motifs is 6. The lowest BCUT2D eigenvalue weighted by atomic mass is 9.81. The number of aromatic nitrogens is 2. The zero-order chi connectivity index (χ0) is 24.7. The summed E-state index contributed by atoms with van der Waals surface area (Å²) in [6.07, 6.45) is 2.82. The van der Waals surface area contributed by atoms with Crippen LogP contribution < -0.4 is 0 Å². The van der Waals surface area contributed by atoms with Gasteiger partial charge in [-0.15, -0.1) is 11.3 Å². The van der Waals surface area contributed by atoms with Gasteiger partial charge in [0.15, 0.2) is 0 Å². The van der Waals surface area contributed by atoms with Gasteiger partial charge in [0.1, 0.15) is 6.33 Å². The van der Waals surface area contributed by atoms with Gasteiger partial charge in [-0.05, 0) is 76.4 Å². The molecule has 3 aromatic carbocycles. The van der Waals surface area contributed by atoms with Crippen LogP contribution in [0.2, 0.25) is 0 Å². The molecule has 5 aromatic rings. The van der Waals surface area contributed by atoms with Gasteiger partial charge in [-0.1, -0.05) is 71.0 Å². The summed E-state index contributed by atoms with van der Waals surface area (Å²) >= 11 is 1.87. The summed E-state index contributed by atoms with van der Waals surface area (Å²) in [6, 6.07) is 18.4. The van der Waals surface area contributed by atoms with Crippen molar-refractivity contribution in [1.82, 2.24) is 9.97 Å². The molecular formula is C32H32N2S. The lowest BCUT2D eigenvalue weighted by Gasteiger charge is -2.22. The minimum absolute atomic E-state index is 0.0766. The molecule has 3 heteroatoms. The third-order valence-electron chi connectivity index (χ3n) is 7.56. The minimum Gasteiger partial charge on any atom is -0.235 e. The molecule has 0 atom stereocenters. The highest BCUT2D eigenvalue weighted by Gasteiger charge is 2.40. The predicted molar refractivity (Wildman–Crippen MR) is 151 cm³/mol. The number of benzene rings is 3. The van der Waals surface area contributed by atoms with E-state index in [1.807, 2.05) is 11.3 Å². The van der Waals surface area contributed by atoms with E-state index in [0.29, 0.717) is 0 Å². The van der Waals surface area contributed by atoms with E-state index in [0.717, 1.165) is 23.2 Å². The van der Waals surface area contributed by atoms with Crippen LogP contribution in [0.1, 0.15) is 62.4 Å². The highest BCUT2D eigenvalue weighted by Crippen LogP contribution is 2.56. The van der Waals surface area contributed by atoms with Crippen molar-refractivity contribution in [2.24, 2.45) is 5.41 Å². The molecule has 0 saturated carbocycles. The summed E-state index contributed by atoms with van der Waals surface area (Å²) in [5, 5.41) is 2.54. The van der Waals surface area contributed by atoms with Gasteiger partial charge in [0.2, 0.25) is 0 Å². The van der Waals surface area contributed by atoms with E-state index in [1.54, 1.807) is 6.33 Å². The molecular weight excluding hydrogens is 444 g/mol. The Morgan fingerprint density at radius 1 is 0.857 bits per heavy atom. The quantitative estimate of drug-likeness (QED) is 0.254. The van der Waals surface area contributed by atoms with E-state index in [2.05, 4.69) is 97.0 Å². The van der Waals surface area contributed by atoms with Crippen molar-refractivity contribution in [1.29, 1.82) is 0 Å². The molecule has 1 aliphatic rings. The second-order valence-electron chi connectivity index (χ2n) is 11.9. The lowest BCUT2D eigenvalue weighted by molar-refractivity contribution is 0.411. The van der Waals surface area contributed by atoms with Gasteiger partial charge in [0, 0.05) is 21.4 Å². The van der Waals surface area contributed by atoms with Crippen LogP contribution >= 0.6 is 11.3 Å². The second kappa shape index (κ2) is 7.48. The molecule has 2 heterocycles. The molecule has 176 valence electrons. The van der Waals surface area contributed by atoms with E-state index in [-0.39, 0.29) is 10.8 Å². The van der Waals surface area contributed by atoms with Gasteiger partial charge >= 0.3 is 0 Å². The number of thiophene rings is 1. The Balaban J connectivity index is 1.55. The molecule has 0 saturated heterocycles. The van der Waals surface area contributed by atoms with E-state index < -0.39 is 0 Å². The molecule has 0 unspecified atom stereocenters. The first-order valence-electron chi connectivity index (χ1n) is 12.5. The van der Waals surface area contributed by atoms with Crippen molar-refractivity contribution < 1.29 is 0 Å². The van der Waals surface area contributed by atoms with Crippen molar-refractivity contribution in [3.8, 4) is 21.7 Å². The average Bonchev–Trinajstić information content (AvgIpc) is 3.27. The maximum absolute atomic E-state index is 4.85. The van der Waals surface area contributed by atoms with Gasteiger partial charge < -0.3 is 0 Å². The zero-order valence-electron chi connectivity index (χ0n) is 21.7. The standard InChI is InChI=1S/C32H32N2S/c1-18-12-21-9-10-22(15-23(21)13-19(18)2)27-30-28(34-17-33-27)26-29(35-30)24-14-20(16-31(3,4)5)8-11-25(24)32(26,6)7/h8-15,17H,16H2,1-7H3. The van der Waals surface area contributed by atoms with Gasteiger partial charge in [0.05, 0.1) is 15.9 Å². The molecule has 0 spiro atoms.